The van der Waals surface area contributed by atoms with E-state index in [0.29, 0.717) is 12.0 Å². The topological polar surface area (TPSA) is 21.3 Å². The Morgan fingerprint density at radius 3 is 2.29 bits per heavy atom. The first-order chi connectivity index (χ1) is 8.22. The minimum absolute atomic E-state index is 0.436. The van der Waals surface area contributed by atoms with Crippen LogP contribution in [0, 0.1) is 5.92 Å². The Kier molecular flexibility index (Phi) is 6.06. The summed E-state index contributed by atoms with van der Waals surface area (Å²) < 4.78 is 5.46. The van der Waals surface area contributed by atoms with E-state index in [4.69, 9.17) is 4.74 Å². The van der Waals surface area contributed by atoms with E-state index >= 15 is 0 Å². The van der Waals surface area contributed by atoms with Crippen LogP contribution in [0.2, 0.25) is 0 Å². The van der Waals surface area contributed by atoms with Crippen LogP contribution >= 0.6 is 0 Å². The molecule has 0 fully saturated rings. The summed E-state index contributed by atoms with van der Waals surface area (Å²) in [5, 5.41) is 3.41. The first-order valence-corrected chi connectivity index (χ1v) is 6.62. The van der Waals surface area contributed by atoms with E-state index in [9.17, 15) is 0 Å². The molecule has 0 aliphatic carbocycles. The van der Waals surface area contributed by atoms with Gasteiger partial charge in [-0.1, -0.05) is 32.4 Å². The average Bonchev–Trinajstić information content (AvgIpc) is 2.33. The van der Waals surface area contributed by atoms with Crippen LogP contribution in [0.25, 0.3) is 0 Å². The summed E-state index contributed by atoms with van der Waals surface area (Å²) in [7, 11) is 2.04. The lowest BCUT2D eigenvalue weighted by molar-refractivity contribution is 0.339. The molecule has 1 aromatic carbocycles. The second kappa shape index (κ2) is 7.33. The van der Waals surface area contributed by atoms with Gasteiger partial charge in [0, 0.05) is 6.04 Å². The smallest absolute Gasteiger partial charge is 0.119 e. The molecule has 17 heavy (non-hydrogen) atoms. The highest BCUT2D eigenvalue weighted by Gasteiger charge is 2.16. The van der Waals surface area contributed by atoms with Gasteiger partial charge in [0.25, 0.3) is 0 Å². The summed E-state index contributed by atoms with van der Waals surface area (Å²) in [5.41, 5.74) is 1.34. The molecule has 0 saturated carbocycles. The van der Waals surface area contributed by atoms with E-state index in [1.165, 1.54) is 18.4 Å². The first kappa shape index (κ1) is 14.0. The highest BCUT2D eigenvalue weighted by atomic mass is 16.5. The highest BCUT2D eigenvalue weighted by Crippen LogP contribution is 2.26. The van der Waals surface area contributed by atoms with Gasteiger partial charge >= 0.3 is 0 Å². The van der Waals surface area contributed by atoms with Gasteiger partial charge < -0.3 is 10.1 Å². The van der Waals surface area contributed by atoms with Crippen molar-refractivity contribution in [1.29, 1.82) is 0 Å². The van der Waals surface area contributed by atoms with E-state index in [1.807, 2.05) is 14.0 Å². The molecule has 2 nitrogen and oxygen atoms in total. The normalized spacial score (nSPS) is 14.4. The molecule has 0 radical (unpaired) electrons. The Hall–Kier alpha value is -1.02. The SMILES string of the molecule is CCCC(C)C(NC)c1ccc(OCC)cc1. The van der Waals surface area contributed by atoms with Gasteiger partial charge in [-0.15, -0.1) is 0 Å². The van der Waals surface area contributed by atoms with Crippen molar-refractivity contribution in [1.82, 2.24) is 5.32 Å². The zero-order chi connectivity index (χ0) is 12.7. The van der Waals surface area contributed by atoms with Gasteiger partial charge in [-0.3, -0.25) is 0 Å². The lowest BCUT2D eigenvalue weighted by Gasteiger charge is -2.24. The van der Waals surface area contributed by atoms with Crippen molar-refractivity contribution in [3.05, 3.63) is 29.8 Å². The van der Waals surface area contributed by atoms with Crippen LogP contribution in [0.5, 0.6) is 5.75 Å². The zero-order valence-electron chi connectivity index (χ0n) is 11.5. The standard InChI is InChI=1S/C15H25NO/c1-5-7-12(3)15(16-4)13-8-10-14(11-9-13)17-6-2/h8-12,15-16H,5-7H2,1-4H3. The maximum Gasteiger partial charge on any atom is 0.119 e. The number of rotatable bonds is 7. The first-order valence-electron chi connectivity index (χ1n) is 6.62. The van der Waals surface area contributed by atoms with Gasteiger partial charge in [0.05, 0.1) is 6.61 Å². The molecule has 2 atom stereocenters. The third kappa shape index (κ3) is 4.04. The van der Waals surface area contributed by atoms with E-state index in [0.717, 1.165) is 12.4 Å². The summed E-state index contributed by atoms with van der Waals surface area (Å²) in [6.07, 6.45) is 2.48. The highest BCUT2D eigenvalue weighted by molar-refractivity contribution is 5.29. The van der Waals surface area contributed by atoms with Crippen molar-refractivity contribution in [2.45, 2.75) is 39.7 Å². The van der Waals surface area contributed by atoms with Gasteiger partial charge in [-0.2, -0.15) is 0 Å². The molecule has 0 saturated heterocycles. The molecule has 0 aliphatic heterocycles. The summed E-state index contributed by atoms with van der Waals surface area (Å²) in [6, 6.07) is 8.88. The van der Waals surface area contributed by atoms with Gasteiger partial charge in [-0.25, -0.2) is 0 Å². The lowest BCUT2D eigenvalue weighted by Crippen LogP contribution is -2.23. The number of ether oxygens (including phenoxy) is 1. The van der Waals surface area contributed by atoms with Crippen molar-refractivity contribution >= 4 is 0 Å². The molecule has 1 N–H and O–H groups in total. The molecule has 0 amide bonds. The second-order valence-electron chi connectivity index (χ2n) is 4.53. The molecular formula is C15H25NO. The molecular weight excluding hydrogens is 210 g/mol. The predicted molar refractivity (Wildman–Crippen MR) is 73.5 cm³/mol. The Balaban J connectivity index is 2.74. The summed E-state index contributed by atoms with van der Waals surface area (Å²) in [6.45, 7) is 7.28. The fourth-order valence-electron chi connectivity index (χ4n) is 2.34. The molecule has 0 aromatic heterocycles. The van der Waals surface area contributed by atoms with Crippen molar-refractivity contribution in [2.75, 3.05) is 13.7 Å². The van der Waals surface area contributed by atoms with Crippen molar-refractivity contribution in [2.24, 2.45) is 5.92 Å². The second-order valence-corrected chi connectivity index (χ2v) is 4.53. The van der Waals surface area contributed by atoms with Gasteiger partial charge in [0.2, 0.25) is 0 Å². The number of nitrogens with one attached hydrogen (secondary N) is 1. The molecule has 0 spiro atoms. The van der Waals surface area contributed by atoms with Crippen molar-refractivity contribution in [3.8, 4) is 5.75 Å². The lowest BCUT2D eigenvalue weighted by atomic mass is 9.91. The van der Waals surface area contributed by atoms with E-state index < -0.39 is 0 Å². The molecule has 0 bridgehead atoms. The molecule has 1 rings (SSSR count). The van der Waals surface area contributed by atoms with Crippen LogP contribution < -0.4 is 10.1 Å². The fourth-order valence-corrected chi connectivity index (χ4v) is 2.34. The molecule has 0 heterocycles. The molecule has 1 aromatic rings. The average molecular weight is 235 g/mol. The third-order valence-electron chi connectivity index (χ3n) is 3.17. The number of hydrogen-bond acceptors (Lipinski definition) is 2. The minimum Gasteiger partial charge on any atom is -0.494 e. The van der Waals surface area contributed by atoms with Crippen molar-refractivity contribution < 1.29 is 4.74 Å². The molecule has 0 aliphatic rings. The predicted octanol–water partition coefficient (Wildman–Crippen LogP) is 3.78. The van der Waals surface area contributed by atoms with Crippen LogP contribution in [-0.2, 0) is 0 Å². The number of benzene rings is 1. The number of hydrogen-bond donors (Lipinski definition) is 1. The summed E-state index contributed by atoms with van der Waals surface area (Å²) in [4.78, 5) is 0. The Morgan fingerprint density at radius 1 is 1.18 bits per heavy atom. The third-order valence-corrected chi connectivity index (χ3v) is 3.17. The minimum atomic E-state index is 0.436. The van der Waals surface area contributed by atoms with Crippen LogP contribution in [0.3, 0.4) is 0 Å². The zero-order valence-corrected chi connectivity index (χ0v) is 11.5. The Morgan fingerprint density at radius 2 is 1.82 bits per heavy atom. The quantitative estimate of drug-likeness (QED) is 0.776. The van der Waals surface area contributed by atoms with Crippen LogP contribution in [0.1, 0.15) is 45.2 Å². The molecule has 2 unspecified atom stereocenters. The molecule has 96 valence electrons. The van der Waals surface area contributed by atoms with E-state index in [1.54, 1.807) is 0 Å². The summed E-state index contributed by atoms with van der Waals surface area (Å²) >= 11 is 0. The maximum absolute atomic E-state index is 5.46. The largest absolute Gasteiger partial charge is 0.494 e. The molecule has 2 heteroatoms. The van der Waals surface area contributed by atoms with Gasteiger partial charge in [0.15, 0.2) is 0 Å². The van der Waals surface area contributed by atoms with Crippen LogP contribution in [0.4, 0.5) is 0 Å². The van der Waals surface area contributed by atoms with Crippen molar-refractivity contribution in [3.63, 3.8) is 0 Å². The van der Waals surface area contributed by atoms with Crippen LogP contribution in [0.15, 0.2) is 24.3 Å². The van der Waals surface area contributed by atoms with Crippen LogP contribution in [-0.4, -0.2) is 13.7 Å². The summed E-state index contributed by atoms with van der Waals surface area (Å²) in [5.74, 6) is 1.61. The van der Waals surface area contributed by atoms with Gasteiger partial charge in [0.1, 0.15) is 5.75 Å². The fraction of sp³-hybridized carbons (Fsp3) is 0.600. The van der Waals surface area contributed by atoms with E-state index in [-0.39, 0.29) is 0 Å². The van der Waals surface area contributed by atoms with E-state index in [2.05, 4.69) is 43.4 Å². The van der Waals surface area contributed by atoms with Gasteiger partial charge in [-0.05, 0) is 44.0 Å². The monoisotopic (exact) mass is 235 g/mol. The Labute approximate surface area is 105 Å². The Bertz CT molecular complexity index is 307. The maximum atomic E-state index is 5.46.